The fourth-order valence-corrected chi connectivity index (χ4v) is 2.33. The molecule has 0 aliphatic carbocycles. The van der Waals surface area contributed by atoms with Crippen LogP contribution in [0.15, 0.2) is 42.5 Å². The maximum atomic E-state index is 11.9. The standard InChI is InChI=1S/C17H17ClN2O3/c18-13-3-1-12(2-4-13)10-20-17(21)11-19-14-5-6-15-16(9-14)23-8-7-22-15/h1-6,9,19H,7-8,10-11H2,(H,20,21). The van der Waals surface area contributed by atoms with Gasteiger partial charge in [-0.15, -0.1) is 0 Å². The largest absolute Gasteiger partial charge is 0.486 e. The van der Waals surface area contributed by atoms with E-state index in [1.165, 1.54) is 0 Å². The molecule has 5 nitrogen and oxygen atoms in total. The fourth-order valence-electron chi connectivity index (χ4n) is 2.20. The van der Waals surface area contributed by atoms with Crippen LogP contribution in [0.1, 0.15) is 5.56 Å². The summed E-state index contributed by atoms with van der Waals surface area (Å²) >= 11 is 5.83. The number of fused-ring (bicyclic) bond motifs is 1. The second kappa shape index (κ2) is 7.24. The Bertz CT molecular complexity index is 689. The first-order valence-electron chi connectivity index (χ1n) is 7.35. The van der Waals surface area contributed by atoms with Gasteiger partial charge in [-0.3, -0.25) is 4.79 Å². The zero-order valence-corrected chi connectivity index (χ0v) is 13.2. The minimum Gasteiger partial charge on any atom is -0.486 e. The summed E-state index contributed by atoms with van der Waals surface area (Å²) < 4.78 is 11.0. The number of rotatable bonds is 5. The van der Waals surface area contributed by atoms with Gasteiger partial charge in [0.25, 0.3) is 0 Å². The quantitative estimate of drug-likeness (QED) is 0.884. The maximum absolute atomic E-state index is 11.9. The summed E-state index contributed by atoms with van der Waals surface area (Å²) in [6.07, 6.45) is 0. The number of benzene rings is 2. The third kappa shape index (κ3) is 4.29. The molecule has 23 heavy (non-hydrogen) atoms. The topological polar surface area (TPSA) is 59.6 Å². The third-order valence-electron chi connectivity index (χ3n) is 3.40. The molecule has 2 aromatic rings. The number of halogens is 1. The highest BCUT2D eigenvalue weighted by Crippen LogP contribution is 2.32. The Labute approximate surface area is 139 Å². The third-order valence-corrected chi connectivity index (χ3v) is 3.65. The average molecular weight is 333 g/mol. The molecule has 2 aromatic carbocycles. The zero-order valence-electron chi connectivity index (χ0n) is 12.5. The van der Waals surface area contributed by atoms with Crippen LogP contribution in [0, 0.1) is 0 Å². The van der Waals surface area contributed by atoms with Gasteiger partial charge < -0.3 is 20.1 Å². The first kappa shape index (κ1) is 15.5. The van der Waals surface area contributed by atoms with Gasteiger partial charge in [0.15, 0.2) is 11.5 Å². The Balaban J connectivity index is 1.48. The van der Waals surface area contributed by atoms with Crippen molar-refractivity contribution in [2.45, 2.75) is 6.54 Å². The molecule has 1 amide bonds. The van der Waals surface area contributed by atoms with E-state index in [-0.39, 0.29) is 12.5 Å². The van der Waals surface area contributed by atoms with E-state index in [0.717, 1.165) is 17.0 Å². The van der Waals surface area contributed by atoms with Crippen LogP contribution in [-0.4, -0.2) is 25.7 Å². The van der Waals surface area contributed by atoms with E-state index < -0.39 is 0 Å². The van der Waals surface area contributed by atoms with E-state index in [1.54, 1.807) is 12.1 Å². The molecule has 0 unspecified atom stereocenters. The van der Waals surface area contributed by atoms with Gasteiger partial charge in [-0.2, -0.15) is 0 Å². The predicted molar refractivity (Wildman–Crippen MR) is 89.2 cm³/mol. The molecule has 0 aromatic heterocycles. The molecule has 1 aliphatic heterocycles. The molecule has 0 saturated heterocycles. The van der Waals surface area contributed by atoms with Crippen LogP contribution in [0.3, 0.4) is 0 Å². The highest BCUT2D eigenvalue weighted by atomic mass is 35.5. The Morgan fingerprint density at radius 1 is 1.04 bits per heavy atom. The molecule has 2 N–H and O–H groups in total. The lowest BCUT2D eigenvalue weighted by Gasteiger charge is -2.19. The molecule has 3 rings (SSSR count). The van der Waals surface area contributed by atoms with Crippen molar-refractivity contribution in [2.24, 2.45) is 0 Å². The number of carbonyl (C=O) groups is 1. The summed E-state index contributed by atoms with van der Waals surface area (Å²) in [6.45, 7) is 1.76. The van der Waals surface area contributed by atoms with E-state index in [2.05, 4.69) is 10.6 Å². The van der Waals surface area contributed by atoms with Crippen LogP contribution >= 0.6 is 11.6 Å². The van der Waals surface area contributed by atoms with Gasteiger partial charge in [0.05, 0.1) is 6.54 Å². The van der Waals surface area contributed by atoms with Gasteiger partial charge >= 0.3 is 0 Å². The highest BCUT2D eigenvalue weighted by molar-refractivity contribution is 6.30. The van der Waals surface area contributed by atoms with Crippen molar-refractivity contribution in [3.63, 3.8) is 0 Å². The molecule has 0 atom stereocenters. The van der Waals surface area contributed by atoms with Gasteiger partial charge in [0.1, 0.15) is 13.2 Å². The van der Waals surface area contributed by atoms with Gasteiger partial charge in [0.2, 0.25) is 5.91 Å². The lowest BCUT2D eigenvalue weighted by atomic mass is 10.2. The minimum atomic E-state index is -0.0881. The first-order chi connectivity index (χ1) is 11.2. The van der Waals surface area contributed by atoms with Gasteiger partial charge in [-0.25, -0.2) is 0 Å². The van der Waals surface area contributed by atoms with Crippen molar-refractivity contribution in [1.29, 1.82) is 0 Å². The molecule has 6 heteroatoms. The lowest BCUT2D eigenvalue weighted by Crippen LogP contribution is -2.29. The summed E-state index contributed by atoms with van der Waals surface area (Å²) in [7, 11) is 0. The van der Waals surface area contributed by atoms with Crippen molar-refractivity contribution in [3.05, 3.63) is 53.1 Å². The number of hydrogen-bond acceptors (Lipinski definition) is 4. The minimum absolute atomic E-state index is 0.0881. The molecule has 120 valence electrons. The van der Waals surface area contributed by atoms with Crippen molar-refractivity contribution in [1.82, 2.24) is 5.32 Å². The number of anilines is 1. The van der Waals surface area contributed by atoms with E-state index in [0.29, 0.717) is 30.5 Å². The van der Waals surface area contributed by atoms with Crippen LogP contribution in [0.5, 0.6) is 11.5 Å². The van der Waals surface area contributed by atoms with Gasteiger partial charge in [-0.1, -0.05) is 23.7 Å². The molecular formula is C17H17ClN2O3. The van der Waals surface area contributed by atoms with E-state index in [4.69, 9.17) is 21.1 Å². The smallest absolute Gasteiger partial charge is 0.239 e. The number of nitrogens with one attached hydrogen (secondary N) is 2. The van der Waals surface area contributed by atoms with E-state index in [1.807, 2.05) is 30.3 Å². The van der Waals surface area contributed by atoms with Crippen LogP contribution in [0.2, 0.25) is 5.02 Å². The molecule has 0 fully saturated rings. The number of amides is 1. The molecule has 0 saturated carbocycles. The Kier molecular flexibility index (Phi) is 4.88. The van der Waals surface area contributed by atoms with Crippen molar-refractivity contribution in [3.8, 4) is 11.5 Å². The molecular weight excluding hydrogens is 316 g/mol. The second-order valence-electron chi connectivity index (χ2n) is 5.12. The Hall–Kier alpha value is -2.40. The SMILES string of the molecule is O=C(CNc1ccc2c(c1)OCCO2)NCc1ccc(Cl)cc1. The number of hydrogen-bond donors (Lipinski definition) is 2. The van der Waals surface area contributed by atoms with Crippen LogP contribution < -0.4 is 20.1 Å². The van der Waals surface area contributed by atoms with Gasteiger partial charge in [0, 0.05) is 23.3 Å². The Morgan fingerprint density at radius 3 is 2.57 bits per heavy atom. The van der Waals surface area contributed by atoms with Crippen molar-refractivity contribution < 1.29 is 14.3 Å². The predicted octanol–water partition coefficient (Wildman–Crippen LogP) is 2.84. The fraction of sp³-hybridized carbons (Fsp3) is 0.235. The summed E-state index contributed by atoms with van der Waals surface area (Å²) in [5.41, 5.74) is 1.82. The maximum Gasteiger partial charge on any atom is 0.239 e. The molecule has 0 spiro atoms. The summed E-state index contributed by atoms with van der Waals surface area (Å²) in [5.74, 6) is 1.34. The van der Waals surface area contributed by atoms with Crippen LogP contribution in [0.25, 0.3) is 0 Å². The lowest BCUT2D eigenvalue weighted by molar-refractivity contribution is -0.119. The van der Waals surface area contributed by atoms with Crippen LogP contribution in [0.4, 0.5) is 5.69 Å². The normalized spacial score (nSPS) is 12.6. The number of carbonyl (C=O) groups excluding carboxylic acids is 1. The molecule has 1 heterocycles. The monoisotopic (exact) mass is 332 g/mol. The summed E-state index contributed by atoms with van der Waals surface area (Å²) in [6, 6.07) is 12.9. The average Bonchev–Trinajstić information content (AvgIpc) is 2.59. The first-order valence-corrected chi connectivity index (χ1v) is 7.73. The van der Waals surface area contributed by atoms with Crippen molar-refractivity contribution in [2.75, 3.05) is 25.1 Å². The Morgan fingerprint density at radius 2 is 1.78 bits per heavy atom. The summed E-state index contributed by atoms with van der Waals surface area (Å²) in [5, 5.41) is 6.60. The molecule has 1 aliphatic rings. The number of ether oxygens (including phenoxy) is 2. The zero-order chi connectivity index (χ0) is 16.1. The second-order valence-corrected chi connectivity index (χ2v) is 5.55. The van der Waals surface area contributed by atoms with Crippen molar-refractivity contribution >= 4 is 23.2 Å². The van der Waals surface area contributed by atoms with Crippen LogP contribution in [-0.2, 0) is 11.3 Å². The van der Waals surface area contributed by atoms with Gasteiger partial charge in [-0.05, 0) is 29.8 Å². The molecule has 0 radical (unpaired) electrons. The summed E-state index contributed by atoms with van der Waals surface area (Å²) in [4.78, 5) is 11.9. The molecule has 0 bridgehead atoms. The highest BCUT2D eigenvalue weighted by Gasteiger charge is 2.11. The van der Waals surface area contributed by atoms with E-state index >= 15 is 0 Å². The van der Waals surface area contributed by atoms with E-state index in [9.17, 15) is 4.79 Å².